The number of hydrogen-bond donors (Lipinski definition) is 2. The van der Waals surface area contributed by atoms with Crippen LogP contribution in [-0.2, 0) is 24.3 Å². The molecule has 9 heteroatoms. The van der Waals surface area contributed by atoms with Gasteiger partial charge in [-0.1, -0.05) is 93.5 Å². The molecule has 208 valence electrons. The summed E-state index contributed by atoms with van der Waals surface area (Å²) in [6.07, 6.45) is 1.87. The average Bonchev–Trinajstić information content (AvgIpc) is 2.63. The van der Waals surface area contributed by atoms with Crippen molar-refractivity contribution in [2.75, 3.05) is 0 Å². The van der Waals surface area contributed by atoms with E-state index in [4.69, 9.17) is 9.05 Å². The van der Waals surface area contributed by atoms with E-state index in [9.17, 15) is 18.9 Å². The summed E-state index contributed by atoms with van der Waals surface area (Å²) in [6, 6.07) is 13.7. The maximum absolute atomic E-state index is 13.3. The van der Waals surface area contributed by atoms with Gasteiger partial charge in [-0.25, -0.2) is 9.13 Å². The molecule has 0 bridgehead atoms. The SMILES string of the molecule is CC(C)(C)CC(C)(C)c1ccc(OP(=O)(Oc2ccc(C(C)(C)CC(C)(C)C)cc2)OP(=O)(O)O)cc1. The fourth-order valence-electron chi connectivity index (χ4n) is 5.23. The van der Waals surface area contributed by atoms with Crippen molar-refractivity contribution < 1.29 is 32.3 Å². The highest BCUT2D eigenvalue weighted by Gasteiger charge is 2.40. The summed E-state index contributed by atoms with van der Waals surface area (Å²) in [7, 11) is -9.92. The van der Waals surface area contributed by atoms with E-state index in [1.165, 1.54) is 0 Å². The normalized spacial score (nSPS) is 13.9. The van der Waals surface area contributed by atoms with Crippen LogP contribution in [0.4, 0.5) is 0 Å². The zero-order valence-electron chi connectivity index (χ0n) is 23.9. The number of rotatable bonds is 10. The van der Waals surface area contributed by atoms with Crippen LogP contribution in [0.1, 0.15) is 93.2 Å². The first-order chi connectivity index (χ1) is 16.5. The third kappa shape index (κ3) is 10.6. The summed E-state index contributed by atoms with van der Waals surface area (Å²) in [6.45, 7) is 21.6. The molecule has 7 nitrogen and oxygen atoms in total. The van der Waals surface area contributed by atoms with Gasteiger partial charge in [-0.2, -0.15) is 4.31 Å². The summed E-state index contributed by atoms with van der Waals surface area (Å²) >= 11 is 0. The Bertz CT molecular complexity index is 1060. The molecule has 0 aliphatic rings. The van der Waals surface area contributed by atoms with Gasteiger partial charge in [-0.15, -0.1) is 0 Å². The molecule has 2 aromatic rings. The lowest BCUT2D eigenvalue weighted by Crippen LogP contribution is -2.24. The Kier molecular flexibility index (Phi) is 9.28. The quantitative estimate of drug-likeness (QED) is 0.283. The highest BCUT2D eigenvalue weighted by Crippen LogP contribution is 2.60. The second-order valence-corrected chi connectivity index (χ2v) is 16.4. The summed E-state index contributed by atoms with van der Waals surface area (Å²) in [5.41, 5.74) is 2.10. The van der Waals surface area contributed by atoms with Crippen LogP contribution >= 0.6 is 15.6 Å². The molecule has 2 N–H and O–H groups in total. The van der Waals surface area contributed by atoms with Crippen LogP contribution in [0.5, 0.6) is 11.5 Å². The number of benzene rings is 2. The summed E-state index contributed by atoms with van der Waals surface area (Å²) < 4.78 is 40.4. The second kappa shape index (κ2) is 10.9. The lowest BCUT2D eigenvalue weighted by atomic mass is 9.72. The van der Waals surface area contributed by atoms with Gasteiger partial charge in [0.05, 0.1) is 0 Å². The molecule has 0 heterocycles. The molecular formula is C28H44O7P2. The van der Waals surface area contributed by atoms with Gasteiger partial charge in [0.15, 0.2) is 0 Å². The van der Waals surface area contributed by atoms with Gasteiger partial charge in [0, 0.05) is 0 Å². The third-order valence-corrected chi connectivity index (χ3v) is 8.38. The van der Waals surface area contributed by atoms with E-state index >= 15 is 0 Å². The fourth-order valence-corrected chi connectivity index (χ4v) is 7.34. The predicted octanol–water partition coefficient (Wildman–Crippen LogP) is 8.79. The van der Waals surface area contributed by atoms with Crippen LogP contribution in [0.25, 0.3) is 0 Å². The van der Waals surface area contributed by atoms with Crippen LogP contribution in [-0.4, -0.2) is 9.79 Å². The molecule has 0 spiro atoms. The molecule has 0 aromatic heterocycles. The zero-order chi connectivity index (χ0) is 28.5. The van der Waals surface area contributed by atoms with E-state index in [1.54, 1.807) is 24.3 Å². The summed E-state index contributed by atoms with van der Waals surface area (Å²) in [5.74, 6) is 0.213. The molecule has 2 rings (SSSR count). The van der Waals surface area contributed by atoms with Crippen LogP contribution in [0.2, 0.25) is 0 Å². The van der Waals surface area contributed by atoms with Crippen molar-refractivity contribution in [3.05, 3.63) is 59.7 Å². The van der Waals surface area contributed by atoms with Gasteiger partial charge >= 0.3 is 15.6 Å². The maximum Gasteiger partial charge on any atom is 0.596 e. The molecule has 0 radical (unpaired) electrons. The molecule has 0 fully saturated rings. The molecule has 0 aliphatic carbocycles. The van der Waals surface area contributed by atoms with E-state index in [2.05, 4.69) is 73.5 Å². The van der Waals surface area contributed by atoms with E-state index in [1.807, 2.05) is 24.3 Å². The minimum atomic E-state index is -5.19. The van der Waals surface area contributed by atoms with Gasteiger partial charge < -0.3 is 18.8 Å². The number of phosphoric acid groups is 2. The summed E-state index contributed by atoms with van der Waals surface area (Å²) in [5, 5.41) is 0. The Hall–Kier alpha value is -1.62. The zero-order valence-corrected chi connectivity index (χ0v) is 25.7. The molecule has 0 aliphatic heterocycles. The Morgan fingerprint density at radius 3 is 1.14 bits per heavy atom. The molecule has 37 heavy (non-hydrogen) atoms. The van der Waals surface area contributed by atoms with E-state index in [0.29, 0.717) is 0 Å². The highest BCUT2D eigenvalue weighted by molar-refractivity contribution is 7.61. The summed E-state index contributed by atoms with van der Waals surface area (Å²) in [4.78, 5) is 18.8. The molecular weight excluding hydrogens is 510 g/mol. The number of phosphoric ester groups is 1. The Morgan fingerprint density at radius 1 is 0.595 bits per heavy atom. The van der Waals surface area contributed by atoms with Gasteiger partial charge in [0.2, 0.25) is 0 Å². The minimum absolute atomic E-state index is 0.107. The number of hydrogen-bond acceptors (Lipinski definition) is 5. The standard InChI is InChI=1S/C28H44O7P2/c1-25(2,3)19-27(7,8)21-11-15-23(16-12-21)33-37(32,35-36(29,30)31)34-24-17-13-22(14-18-24)28(9,10)20-26(4,5)6/h11-18H,19-20H2,1-10H3,(H2,29,30,31). The van der Waals surface area contributed by atoms with Crippen LogP contribution in [0.3, 0.4) is 0 Å². The van der Waals surface area contributed by atoms with Gasteiger partial charge in [0.25, 0.3) is 0 Å². The molecule has 0 amide bonds. The maximum atomic E-state index is 13.3. The molecule has 0 unspecified atom stereocenters. The first-order valence-electron chi connectivity index (χ1n) is 12.5. The Balaban J connectivity index is 2.28. The first kappa shape index (κ1) is 31.6. The first-order valence-corrected chi connectivity index (χ1v) is 15.5. The second-order valence-electron chi connectivity index (χ2n) is 13.5. The van der Waals surface area contributed by atoms with E-state index in [-0.39, 0.29) is 33.2 Å². The molecule has 0 saturated heterocycles. The molecule has 2 aromatic carbocycles. The van der Waals surface area contributed by atoms with Crippen molar-refractivity contribution >= 4 is 15.6 Å². The van der Waals surface area contributed by atoms with Crippen molar-refractivity contribution in [1.29, 1.82) is 0 Å². The fraction of sp³-hybridized carbons (Fsp3) is 0.571. The lowest BCUT2D eigenvalue weighted by Gasteiger charge is -2.33. The van der Waals surface area contributed by atoms with Crippen LogP contribution < -0.4 is 9.05 Å². The smallest absolute Gasteiger partial charge is 0.395 e. The third-order valence-electron chi connectivity index (χ3n) is 5.86. The lowest BCUT2D eigenvalue weighted by molar-refractivity contribution is 0.233. The van der Waals surface area contributed by atoms with Crippen molar-refractivity contribution in [3.8, 4) is 11.5 Å². The van der Waals surface area contributed by atoms with Crippen molar-refractivity contribution in [1.82, 2.24) is 0 Å². The Labute approximate surface area is 222 Å². The molecule has 0 atom stereocenters. The van der Waals surface area contributed by atoms with Crippen molar-refractivity contribution in [3.63, 3.8) is 0 Å². The largest absolute Gasteiger partial charge is 0.596 e. The van der Waals surface area contributed by atoms with E-state index < -0.39 is 15.6 Å². The van der Waals surface area contributed by atoms with Gasteiger partial charge in [-0.3, -0.25) is 0 Å². The average molecular weight is 555 g/mol. The van der Waals surface area contributed by atoms with Crippen molar-refractivity contribution in [2.24, 2.45) is 10.8 Å². The predicted molar refractivity (Wildman–Crippen MR) is 149 cm³/mol. The monoisotopic (exact) mass is 554 g/mol. The van der Waals surface area contributed by atoms with Gasteiger partial charge in [-0.05, 0) is 69.9 Å². The van der Waals surface area contributed by atoms with Crippen LogP contribution in [0.15, 0.2) is 48.5 Å². The highest BCUT2D eigenvalue weighted by atomic mass is 31.3. The topological polar surface area (TPSA) is 102 Å². The van der Waals surface area contributed by atoms with Crippen molar-refractivity contribution in [2.45, 2.75) is 92.9 Å². The van der Waals surface area contributed by atoms with Crippen LogP contribution in [0, 0.1) is 10.8 Å². The minimum Gasteiger partial charge on any atom is -0.395 e. The van der Waals surface area contributed by atoms with Gasteiger partial charge in [0.1, 0.15) is 11.5 Å². The Morgan fingerprint density at radius 2 is 0.892 bits per heavy atom. The van der Waals surface area contributed by atoms with E-state index in [0.717, 1.165) is 24.0 Å². The molecule has 0 saturated carbocycles.